The molecular weight excluding hydrogens is 232 g/mol. The van der Waals surface area contributed by atoms with Crippen LogP contribution in [0.5, 0.6) is 0 Å². The second-order valence-corrected chi connectivity index (χ2v) is 5.15. The van der Waals surface area contributed by atoms with E-state index in [0.29, 0.717) is 12.3 Å². The van der Waals surface area contributed by atoms with Crippen molar-refractivity contribution in [3.63, 3.8) is 0 Å². The Hall–Kier alpha value is -1.26. The normalized spacial score (nSPS) is 22.1. The molecule has 0 saturated carbocycles. The average Bonchev–Trinajstić information content (AvgIpc) is 2.53. The van der Waals surface area contributed by atoms with E-state index in [-0.39, 0.29) is 6.03 Å². The number of urea groups is 1. The van der Waals surface area contributed by atoms with Crippen molar-refractivity contribution in [1.29, 1.82) is 0 Å². The van der Waals surface area contributed by atoms with Crippen LogP contribution in [-0.4, -0.2) is 41.1 Å². The van der Waals surface area contributed by atoms with Gasteiger partial charge in [-0.2, -0.15) is 0 Å². The molecule has 1 saturated heterocycles. The first-order chi connectivity index (χ1) is 8.54. The first-order valence-corrected chi connectivity index (χ1v) is 6.82. The van der Waals surface area contributed by atoms with Gasteiger partial charge in [0.25, 0.3) is 0 Å². The molecule has 0 aliphatic carbocycles. The number of amides is 2. The fraction of sp³-hybridized carbons (Fsp3) is 0.846. The first kappa shape index (κ1) is 14.8. The minimum Gasteiger partial charge on any atom is -0.480 e. The average molecular weight is 256 g/mol. The monoisotopic (exact) mass is 256 g/mol. The lowest BCUT2D eigenvalue weighted by atomic mass is 10.0. The van der Waals surface area contributed by atoms with Crippen molar-refractivity contribution >= 4 is 12.0 Å². The summed E-state index contributed by atoms with van der Waals surface area (Å²) in [6, 6.07) is -0.992. The van der Waals surface area contributed by atoms with Crippen molar-refractivity contribution in [1.82, 2.24) is 10.2 Å². The predicted octanol–water partition coefficient (Wildman–Crippen LogP) is 2.07. The summed E-state index contributed by atoms with van der Waals surface area (Å²) in [7, 11) is 0. The largest absolute Gasteiger partial charge is 0.480 e. The van der Waals surface area contributed by atoms with Crippen molar-refractivity contribution in [2.75, 3.05) is 13.1 Å². The number of carboxylic acid groups (broad SMARTS) is 1. The van der Waals surface area contributed by atoms with E-state index in [4.69, 9.17) is 5.11 Å². The molecule has 2 amide bonds. The van der Waals surface area contributed by atoms with Crippen LogP contribution in [0.1, 0.15) is 46.0 Å². The van der Waals surface area contributed by atoms with Crippen LogP contribution in [0.15, 0.2) is 0 Å². The van der Waals surface area contributed by atoms with Gasteiger partial charge in [0.2, 0.25) is 0 Å². The van der Waals surface area contributed by atoms with Crippen LogP contribution in [-0.2, 0) is 4.79 Å². The van der Waals surface area contributed by atoms with Gasteiger partial charge in [0.15, 0.2) is 0 Å². The molecule has 1 aliphatic rings. The topological polar surface area (TPSA) is 69.6 Å². The number of likely N-dealkylation sites (tertiary alicyclic amines) is 1. The van der Waals surface area contributed by atoms with E-state index in [1.54, 1.807) is 4.90 Å². The van der Waals surface area contributed by atoms with E-state index in [0.717, 1.165) is 38.8 Å². The summed E-state index contributed by atoms with van der Waals surface area (Å²) in [5.74, 6) is -0.304. The van der Waals surface area contributed by atoms with Gasteiger partial charge < -0.3 is 15.3 Å². The van der Waals surface area contributed by atoms with Crippen LogP contribution in [0, 0.1) is 5.92 Å². The van der Waals surface area contributed by atoms with Gasteiger partial charge in [-0.3, -0.25) is 0 Å². The number of hydrogen-bond donors (Lipinski definition) is 2. The maximum atomic E-state index is 12.0. The zero-order valence-corrected chi connectivity index (χ0v) is 11.3. The smallest absolute Gasteiger partial charge is 0.326 e. The van der Waals surface area contributed by atoms with Crippen LogP contribution in [0.3, 0.4) is 0 Å². The van der Waals surface area contributed by atoms with Gasteiger partial charge in [-0.25, -0.2) is 9.59 Å². The first-order valence-electron chi connectivity index (χ1n) is 6.82. The van der Waals surface area contributed by atoms with E-state index in [2.05, 4.69) is 12.2 Å². The summed E-state index contributed by atoms with van der Waals surface area (Å²) < 4.78 is 0. The molecule has 0 spiro atoms. The highest BCUT2D eigenvalue weighted by Gasteiger charge is 2.23. The molecule has 1 aliphatic heterocycles. The Balaban J connectivity index is 2.49. The highest BCUT2D eigenvalue weighted by atomic mass is 16.4. The molecule has 2 atom stereocenters. The SMILES string of the molecule is CCC[C@@H](NC(=O)N1CCCC(C)CC1)C(=O)O. The Morgan fingerprint density at radius 1 is 1.39 bits per heavy atom. The van der Waals surface area contributed by atoms with Crippen LogP contribution in [0.25, 0.3) is 0 Å². The van der Waals surface area contributed by atoms with Gasteiger partial charge in [-0.1, -0.05) is 20.3 Å². The fourth-order valence-corrected chi connectivity index (χ4v) is 2.25. The van der Waals surface area contributed by atoms with E-state index < -0.39 is 12.0 Å². The highest BCUT2D eigenvalue weighted by molar-refractivity contribution is 5.82. The van der Waals surface area contributed by atoms with Gasteiger partial charge in [0, 0.05) is 13.1 Å². The van der Waals surface area contributed by atoms with Crippen molar-refractivity contribution in [2.24, 2.45) is 5.92 Å². The Bertz CT molecular complexity index is 294. The number of nitrogens with one attached hydrogen (secondary N) is 1. The lowest BCUT2D eigenvalue weighted by molar-refractivity contribution is -0.139. The molecular formula is C13H24N2O3. The third-order valence-electron chi connectivity index (χ3n) is 3.48. The standard InChI is InChI=1S/C13H24N2O3/c1-3-5-11(12(16)17)14-13(18)15-8-4-6-10(2)7-9-15/h10-11H,3-9H2,1-2H3,(H,14,18)(H,16,17)/t10?,11-/m1/s1. The summed E-state index contributed by atoms with van der Waals surface area (Å²) in [6.45, 7) is 5.56. The van der Waals surface area contributed by atoms with Crippen molar-refractivity contribution in [3.05, 3.63) is 0 Å². The third kappa shape index (κ3) is 4.55. The number of hydrogen-bond acceptors (Lipinski definition) is 2. The minimum atomic E-state index is -0.951. The van der Waals surface area contributed by atoms with E-state index in [1.165, 1.54) is 0 Å². The Kier molecular flexibility index (Phi) is 5.95. The quantitative estimate of drug-likeness (QED) is 0.809. The number of aliphatic carboxylic acids is 1. The molecule has 104 valence electrons. The molecule has 1 heterocycles. The van der Waals surface area contributed by atoms with E-state index in [1.807, 2.05) is 6.92 Å². The number of carbonyl (C=O) groups excluding carboxylic acids is 1. The molecule has 1 unspecified atom stereocenters. The molecule has 1 fully saturated rings. The summed E-state index contributed by atoms with van der Waals surface area (Å²) in [5, 5.41) is 11.6. The second-order valence-electron chi connectivity index (χ2n) is 5.15. The summed E-state index contributed by atoms with van der Waals surface area (Å²) in [5.41, 5.74) is 0. The maximum Gasteiger partial charge on any atom is 0.326 e. The number of rotatable bonds is 4. The Labute approximate surface area is 109 Å². The second kappa shape index (κ2) is 7.24. The molecule has 18 heavy (non-hydrogen) atoms. The van der Waals surface area contributed by atoms with Crippen LogP contribution in [0.2, 0.25) is 0 Å². The Morgan fingerprint density at radius 2 is 2.11 bits per heavy atom. The van der Waals surface area contributed by atoms with Gasteiger partial charge in [0.1, 0.15) is 6.04 Å². The van der Waals surface area contributed by atoms with Gasteiger partial charge in [-0.05, 0) is 31.6 Å². The zero-order chi connectivity index (χ0) is 13.5. The minimum absolute atomic E-state index is 0.232. The number of carboxylic acids is 1. The van der Waals surface area contributed by atoms with Crippen molar-refractivity contribution in [2.45, 2.75) is 52.0 Å². The Morgan fingerprint density at radius 3 is 2.72 bits per heavy atom. The molecule has 0 radical (unpaired) electrons. The van der Waals surface area contributed by atoms with Crippen molar-refractivity contribution < 1.29 is 14.7 Å². The zero-order valence-electron chi connectivity index (χ0n) is 11.3. The molecule has 5 nitrogen and oxygen atoms in total. The van der Waals surface area contributed by atoms with Crippen LogP contribution < -0.4 is 5.32 Å². The molecule has 5 heteroatoms. The molecule has 2 N–H and O–H groups in total. The summed E-state index contributed by atoms with van der Waals surface area (Å²) >= 11 is 0. The van der Waals surface area contributed by atoms with Gasteiger partial charge in [-0.15, -0.1) is 0 Å². The maximum absolute atomic E-state index is 12.0. The van der Waals surface area contributed by atoms with Crippen molar-refractivity contribution in [3.8, 4) is 0 Å². The lowest BCUT2D eigenvalue weighted by Gasteiger charge is -2.23. The molecule has 0 bridgehead atoms. The van der Waals surface area contributed by atoms with Crippen LogP contribution in [0.4, 0.5) is 4.79 Å². The summed E-state index contributed by atoms with van der Waals surface area (Å²) in [4.78, 5) is 24.7. The molecule has 0 aromatic rings. The summed E-state index contributed by atoms with van der Waals surface area (Å²) in [6.07, 6.45) is 4.36. The van der Waals surface area contributed by atoms with Gasteiger partial charge in [0.05, 0.1) is 0 Å². The van der Waals surface area contributed by atoms with Crippen LogP contribution >= 0.6 is 0 Å². The highest BCUT2D eigenvalue weighted by Crippen LogP contribution is 2.16. The molecule has 0 aromatic heterocycles. The van der Waals surface area contributed by atoms with E-state index >= 15 is 0 Å². The number of nitrogens with zero attached hydrogens (tertiary/aromatic N) is 1. The fourth-order valence-electron chi connectivity index (χ4n) is 2.25. The molecule has 0 aromatic carbocycles. The predicted molar refractivity (Wildman–Crippen MR) is 69.5 cm³/mol. The van der Waals surface area contributed by atoms with E-state index in [9.17, 15) is 9.59 Å². The lowest BCUT2D eigenvalue weighted by Crippen LogP contribution is -2.48. The molecule has 1 rings (SSSR count). The third-order valence-corrected chi connectivity index (χ3v) is 3.48. The van der Waals surface area contributed by atoms with Gasteiger partial charge >= 0.3 is 12.0 Å². The number of carbonyl (C=O) groups is 2.